The van der Waals surface area contributed by atoms with E-state index in [2.05, 4.69) is 5.32 Å². The lowest BCUT2D eigenvalue weighted by Crippen LogP contribution is -2.09. The number of halogens is 1. The maximum absolute atomic E-state index is 10.9. The Kier molecular flexibility index (Phi) is 6.53. The van der Waals surface area contributed by atoms with Crippen LogP contribution in [0.5, 0.6) is 11.5 Å². The number of rotatable bonds is 8. The third-order valence-electron chi connectivity index (χ3n) is 3.35. The van der Waals surface area contributed by atoms with Gasteiger partial charge in [0.1, 0.15) is 0 Å². The summed E-state index contributed by atoms with van der Waals surface area (Å²) in [6, 6.07) is 10.3. The van der Waals surface area contributed by atoms with Crippen LogP contribution >= 0.6 is 11.6 Å². The number of hydrogen-bond acceptors (Lipinski definition) is 4. The van der Waals surface area contributed by atoms with Gasteiger partial charge in [0.15, 0.2) is 11.5 Å². The molecule has 0 radical (unpaired) electrons. The monoisotopic (exact) mass is 363 g/mol. The molecule has 0 unspecified atom stereocenters. The summed E-state index contributed by atoms with van der Waals surface area (Å²) >= 11 is 6.35. The van der Waals surface area contributed by atoms with E-state index in [-0.39, 0.29) is 11.7 Å². The molecule has 0 aliphatic carbocycles. The Morgan fingerprint density at radius 3 is 2.48 bits per heavy atom. The molecule has 6 heteroatoms. The van der Waals surface area contributed by atoms with E-state index in [1.54, 1.807) is 24.3 Å². The van der Waals surface area contributed by atoms with Crippen molar-refractivity contribution in [1.29, 1.82) is 0 Å². The maximum Gasteiger partial charge on any atom is 0.335 e. The predicted molar refractivity (Wildman–Crippen MR) is 99.1 cm³/mol. The molecule has 5 nitrogen and oxygen atoms in total. The molecule has 25 heavy (non-hydrogen) atoms. The number of benzene rings is 2. The van der Waals surface area contributed by atoms with Crippen LogP contribution in [0.3, 0.4) is 0 Å². The summed E-state index contributed by atoms with van der Waals surface area (Å²) in [5, 5.41) is 12.7. The molecule has 134 valence electrons. The van der Waals surface area contributed by atoms with E-state index in [9.17, 15) is 4.79 Å². The average Bonchev–Trinajstić information content (AvgIpc) is 2.56. The number of anilines is 1. The van der Waals surface area contributed by atoms with Gasteiger partial charge in [-0.1, -0.05) is 11.6 Å². The molecule has 0 fully saturated rings. The van der Waals surface area contributed by atoms with E-state index < -0.39 is 5.97 Å². The first-order valence-electron chi connectivity index (χ1n) is 8.09. The molecule has 0 spiro atoms. The smallest absolute Gasteiger partial charge is 0.335 e. The van der Waals surface area contributed by atoms with Crippen molar-refractivity contribution in [1.82, 2.24) is 0 Å². The van der Waals surface area contributed by atoms with E-state index in [1.807, 2.05) is 32.9 Å². The average molecular weight is 364 g/mol. The van der Waals surface area contributed by atoms with Crippen molar-refractivity contribution in [2.75, 3.05) is 11.9 Å². The minimum Gasteiger partial charge on any atom is -0.490 e. The number of ether oxygens (including phenoxy) is 2. The zero-order valence-corrected chi connectivity index (χ0v) is 15.3. The minimum atomic E-state index is -0.944. The molecule has 0 amide bonds. The van der Waals surface area contributed by atoms with Gasteiger partial charge in [-0.25, -0.2) is 4.79 Å². The highest BCUT2D eigenvalue weighted by Gasteiger charge is 2.14. The van der Waals surface area contributed by atoms with E-state index >= 15 is 0 Å². The lowest BCUT2D eigenvalue weighted by Gasteiger charge is -2.17. The van der Waals surface area contributed by atoms with Gasteiger partial charge in [0.05, 0.1) is 23.3 Å². The highest BCUT2D eigenvalue weighted by Crippen LogP contribution is 2.37. The predicted octanol–water partition coefficient (Wildman–Crippen LogP) is 4.84. The molecule has 2 rings (SSSR count). The molecule has 0 aromatic heterocycles. The number of nitrogens with one attached hydrogen (secondary N) is 1. The van der Waals surface area contributed by atoms with Crippen molar-refractivity contribution >= 4 is 23.3 Å². The van der Waals surface area contributed by atoms with Crippen molar-refractivity contribution < 1.29 is 19.4 Å². The molecule has 2 aromatic carbocycles. The summed E-state index contributed by atoms with van der Waals surface area (Å²) in [6.07, 6.45) is -0.00608. The van der Waals surface area contributed by atoms with E-state index in [0.717, 1.165) is 11.3 Å². The first kappa shape index (κ1) is 18.9. The Morgan fingerprint density at radius 2 is 1.92 bits per heavy atom. The first-order valence-corrected chi connectivity index (χ1v) is 8.47. The zero-order chi connectivity index (χ0) is 18.4. The number of aromatic carboxylic acids is 1. The second-order valence-electron chi connectivity index (χ2n) is 5.74. The third kappa shape index (κ3) is 5.29. The Balaban J connectivity index is 2.14. The van der Waals surface area contributed by atoms with Crippen LogP contribution < -0.4 is 14.8 Å². The van der Waals surface area contributed by atoms with Gasteiger partial charge in [0, 0.05) is 12.2 Å². The minimum absolute atomic E-state index is 0.00608. The van der Waals surface area contributed by atoms with Crippen molar-refractivity contribution in [2.45, 2.75) is 33.4 Å². The zero-order valence-electron chi connectivity index (χ0n) is 14.5. The Bertz CT molecular complexity index is 729. The van der Waals surface area contributed by atoms with Crippen LogP contribution in [0, 0.1) is 0 Å². The van der Waals surface area contributed by atoms with Gasteiger partial charge in [0.25, 0.3) is 0 Å². The normalized spacial score (nSPS) is 10.6. The van der Waals surface area contributed by atoms with Crippen LogP contribution in [0.4, 0.5) is 5.69 Å². The first-order chi connectivity index (χ1) is 11.9. The van der Waals surface area contributed by atoms with Crippen LogP contribution in [0.25, 0.3) is 0 Å². The molecule has 0 aliphatic heterocycles. The van der Waals surface area contributed by atoms with Crippen molar-refractivity contribution in [3.8, 4) is 11.5 Å². The van der Waals surface area contributed by atoms with E-state index in [0.29, 0.717) is 29.7 Å². The lowest BCUT2D eigenvalue weighted by atomic mass is 10.1. The quantitative estimate of drug-likeness (QED) is 0.702. The Hall–Kier alpha value is -2.40. The van der Waals surface area contributed by atoms with Gasteiger partial charge in [-0.05, 0) is 62.7 Å². The van der Waals surface area contributed by atoms with Gasteiger partial charge in [-0.3, -0.25) is 0 Å². The highest BCUT2D eigenvalue weighted by atomic mass is 35.5. The summed E-state index contributed by atoms with van der Waals surface area (Å²) in [5.41, 5.74) is 2.01. The summed E-state index contributed by atoms with van der Waals surface area (Å²) in [6.45, 7) is 6.80. The van der Waals surface area contributed by atoms with Gasteiger partial charge in [0.2, 0.25) is 0 Å². The molecular formula is C19H22ClNO4. The fourth-order valence-corrected chi connectivity index (χ4v) is 2.55. The second kappa shape index (κ2) is 8.62. The van der Waals surface area contributed by atoms with Crippen molar-refractivity contribution in [2.24, 2.45) is 0 Å². The summed E-state index contributed by atoms with van der Waals surface area (Å²) < 4.78 is 11.4. The van der Waals surface area contributed by atoms with Crippen LogP contribution in [0.2, 0.25) is 5.02 Å². The van der Waals surface area contributed by atoms with E-state index in [4.69, 9.17) is 26.2 Å². The highest BCUT2D eigenvalue weighted by molar-refractivity contribution is 6.32. The fraction of sp³-hybridized carbons (Fsp3) is 0.316. The molecule has 0 aliphatic rings. The lowest BCUT2D eigenvalue weighted by molar-refractivity contribution is 0.0697. The van der Waals surface area contributed by atoms with Gasteiger partial charge in [-0.2, -0.15) is 0 Å². The third-order valence-corrected chi connectivity index (χ3v) is 3.63. The van der Waals surface area contributed by atoms with Crippen molar-refractivity contribution in [3.05, 3.63) is 52.5 Å². The Morgan fingerprint density at radius 1 is 1.24 bits per heavy atom. The van der Waals surface area contributed by atoms with Gasteiger partial charge >= 0.3 is 5.97 Å². The molecule has 2 N–H and O–H groups in total. The molecule has 0 bridgehead atoms. The van der Waals surface area contributed by atoms with Crippen LogP contribution in [0.1, 0.15) is 36.7 Å². The maximum atomic E-state index is 10.9. The number of carboxylic acid groups (broad SMARTS) is 1. The molecular weight excluding hydrogens is 342 g/mol. The fourth-order valence-electron chi connectivity index (χ4n) is 2.27. The number of carbonyl (C=O) groups is 1. The standard InChI is InChI=1S/C19H22ClNO4/c1-4-24-17-10-13(9-16(20)18(17)25-12(2)3)11-21-15-7-5-14(6-8-15)19(22)23/h5-10,12,21H,4,11H2,1-3H3,(H,22,23). The number of hydrogen-bond donors (Lipinski definition) is 2. The molecule has 0 heterocycles. The van der Waals surface area contributed by atoms with Gasteiger partial charge in [-0.15, -0.1) is 0 Å². The molecule has 2 aromatic rings. The van der Waals surface area contributed by atoms with Crippen molar-refractivity contribution in [3.63, 3.8) is 0 Å². The molecule has 0 saturated heterocycles. The van der Waals surface area contributed by atoms with Crippen LogP contribution in [-0.4, -0.2) is 23.8 Å². The van der Waals surface area contributed by atoms with Crippen LogP contribution in [-0.2, 0) is 6.54 Å². The summed E-state index contributed by atoms with van der Waals surface area (Å²) in [4.78, 5) is 10.9. The molecule has 0 saturated carbocycles. The molecule has 0 atom stereocenters. The summed E-state index contributed by atoms with van der Waals surface area (Å²) in [5.74, 6) is 0.218. The largest absolute Gasteiger partial charge is 0.490 e. The number of carboxylic acids is 1. The topological polar surface area (TPSA) is 67.8 Å². The van der Waals surface area contributed by atoms with E-state index in [1.165, 1.54) is 0 Å². The Labute approximate surface area is 152 Å². The van der Waals surface area contributed by atoms with Crippen LogP contribution in [0.15, 0.2) is 36.4 Å². The van der Waals surface area contributed by atoms with Gasteiger partial charge < -0.3 is 19.9 Å². The summed E-state index contributed by atoms with van der Waals surface area (Å²) in [7, 11) is 0. The SMILES string of the molecule is CCOc1cc(CNc2ccc(C(=O)O)cc2)cc(Cl)c1OC(C)C. The second-order valence-corrected chi connectivity index (χ2v) is 6.15.